The van der Waals surface area contributed by atoms with Gasteiger partial charge in [0, 0.05) is 33.5 Å². The maximum Gasteiger partial charge on any atom is 0.262 e. The van der Waals surface area contributed by atoms with Gasteiger partial charge in [-0.3, -0.25) is 9.36 Å². The first-order chi connectivity index (χ1) is 16.5. The van der Waals surface area contributed by atoms with Crippen LogP contribution in [0.3, 0.4) is 0 Å². The van der Waals surface area contributed by atoms with Crippen LogP contribution < -0.4 is 10.3 Å². The molecule has 0 fully saturated rings. The highest BCUT2D eigenvalue weighted by Crippen LogP contribution is 2.40. The van der Waals surface area contributed by atoms with Crippen LogP contribution in [0.1, 0.15) is 36.8 Å². The van der Waals surface area contributed by atoms with Crippen LogP contribution in [-0.4, -0.2) is 9.55 Å². The number of hydrogen-bond acceptors (Lipinski definition) is 5. The van der Waals surface area contributed by atoms with Gasteiger partial charge in [0.15, 0.2) is 5.16 Å². The first kappa shape index (κ1) is 23.1. The number of ether oxygens (including phenoxy) is 2. The summed E-state index contributed by atoms with van der Waals surface area (Å²) in [5.74, 6) is 1.78. The summed E-state index contributed by atoms with van der Waals surface area (Å²) >= 11 is 5.19. The van der Waals surface area contributed by atoms with E-state index in [1.807, 2.05) is 60.7 Å². The number of thioether (sulfide) groups is 1. The summed E-state index contributed by atoms with van der Waals surface area (Å²) < 4.78 is 15.1. The van der Waals surface area contributed by atoms with E-state index in [4.69, 9.17) is 14.5 Å². The van der Waals surface area contributed by atoms with Crippen LogP contribution in [-0.2, 0) is 23.6 Å². The fraction of sp³-hybridized carbons (Fsp3) is 0.259. The maximum atomic E-state index is 13.2. The summed E-state index contributed by atoms with van der Waals surface area (Å²) in [5, 5.41) is 1.37. The monoisotopic (exact) mass is 536 g/mol. The second-order valence-corrected chi connectivity index (χ2v) is 10.6. The molecule has 0 bridgehead atoms. The lowest BCUT2D eigenvalue weighted by Gasteiger charge is -2.28. The molecule has 0 amide bonds. The highest BCUT2D eigenvalue weighted by molar-refractivity contribution is 9.10. The molecule has 3 aromatic carbocycles. The zero-order valence-corrected chi connectivity index (χ0v) is 21.4. The van der Waals surface area contributed by atoms with Gasteiger partial charge in [-0.25, -0.2) is 4.98 Å². The minimum atomic E-state index is -0.448. The van der Waals surface area contributed by atoms with Gasteiger partial charge in [0.1, 0.15) is 5.75 Å². The van der Waals surface area contributed by atoms with Gasteiger partial charge in [0.2, 0.25) is 6.29 Å². The van der Waals surface area contributed by atoms with Crippen molar-refractivity contribution in [1.29, 1.82) is 0 Å². The van der Waals surface area contributed by atoms with E-state index in [0.29, 0.717) is 30.2 Å². The second kappa shape index (κ2) is 9.94. The van der Waals surface area contributed by atoms with Crippen molar-refractivity contribution < 1.29 is 9.47 Å². The highest BCUT2D eigenvalue weighted by atomic mass is 79.9. The van der Waals surface area contributed by atoms with E-state index in [2.05, 4.69) is 35.8 Å². The van der Waals surface area contributed by atoms with Crippen LogP contribution >= 0.6 is 27.7 Å². The Morgan fingerprint density at radius 2 is 1.88 bits per heavy atom. The lowest BCUT2D eigenvalue weighted by molar-refractivity contribution is -0.111. The van der Waals surface area contributed by atoms with Crippen molar-refractivity contribution in [3.8, 4) is 5.75 Å². The van der Waals surface area contributed by atoms with Gasteiger partial charge in [0.25, 0.3) is 5.56 Å². The van der Waals surface area contributed by atoms with Gasteiger partial charge >= 0.3 is 0 Å². The molecule has 1 atom stereocenters. The van der Waals surface area contributed by atoms with E-state index >= 15 is 0 Å². The van der Waals surface area contributed by atoms with E-state index in [9.17, 15) is 4.79 Å². The normalized spacial score (nSPS) is 15.4. The van der Waals surface area contributed by atoms with E-state index < -0.39 is 6.29 Å². The molecule has 0 spiro atoms. The maximum absolute atomic E-state index is 13.2. The van der Waals surface area contributed by atoms with E-state index in [0.717, 1.165) is 37.6 Å². The van der Waals surface area contributed by atoms with Gasteiger partial charge in [-0.2, -0.15) is 0 Å². The third-order valence-corrected chi connectivity index (χ3v) is 7.11. The lowest BCUT2D eigenvalue weighted by Crippen LogP contribution is -2.25. The SMILES string of the molecule is CC(C)Cn1c(SCc2cc(Br)cc3c2OC(c2ccccc2)OC3)nc2ccccc2c1=O. The summed E-state index contributed by atoms with van der Waals surface area (Å²) in [6.07, 6.45) is -0.448. The van der Waals surface area contributed by atoms with Crippen molar-refractivity contribution in [1.82, 2.24) is 9.55 Å². The summed E-state index contributed by atoms with van der Waals surface area (Å²) in [4.78, 5) is 18.1. The Labute approximate surface area is 211 Å². The number of hydrogen-bond donors (Lipinski definition) is 0. The molecule has 0 saturated carbocycles. The smallest absolute Gasteiger partial charge is 0.262 e. The fourth-order valence-electron chi connectivity index (χ4n) is 4.08. The molecule has 0 N–H and O–H groups in total. The molecule has 2 heterocycles. The molecule has 0 radical (unpaired) electrons. The Kier molecular flexibility index (Phi) is 6.77. The van der Waals surface area contributed by atoms with Gasteiger partial charge in [-0.05, 0) is 30.2 Å². The molecule has 1 aromatic heterocycles. The predicted octanol–water partition coefficient (Wildman–Crippen LogP) is 6.72. The van der Waals surface area contributed by atoms with Crippen LogP contribution in [0.5, 0.6) is 5.75 Å². The van der Waals surface area contributed by atoms with Crippen LogP contribution in [0, 0.1) is 5.92 Å². The van der Waals surface area contributed by atoms with Crippen molar-refractivity contribution in [2.75, 3.05) is 0 Å². The zero-order chi connectivity index (χ0) is 23.7. The summed E-state index contributed by atoms with van der Waals surface area (Å²) in [6, 6.07) is 21.6. The van der Waals surface area contributed by atoms with Crippen molar-refractivity contribution >= 4 is 38.6 Å². The topological polar surface area (TPSA) is 53.4 Å². The Bertz CT molecular complexity index is 1390. The number of aromatic nitrogens is 2. The Balaban J connectivity index is 1.48. The molecule has 5 rings (SSSR count). The molecule has 7 heteroatoms. The second-order valence-electron chi connectivity index (χ2n) is 8.73. The average molecular weight is 537 g/mol. The Morgan fingerprint density at radius 1 is 1.12 bits per heavy atom. The quantitative estimate of drug-likeness (QED) is 0.202. The van der Waals surface area contributed by atoms with Gasteiger partial charge in [0.05, 0.1) is 17.5 Å². The highest BCUT2D eigenvalue weighted by Gasteiger charge is 2.25. The van der Waals surface area contributed by atoms with Crippen molar-refractivity contribution in [3.63, 3.8) is 0 Å². The minimum Gasteiger partial charge on any atom is -0.460 e. The first-order valence-corrected chi connectivity index (χ1v) is 13.0. The van der Waals surface area contributed by atoms with Crippen molar-refractivity contribution in [2.45, 2.75) is 44.2 Å². The molecule has 174 valence electrons. The van der Waals surface area contributed by atoms with Crippen molar-refractivity contribution in [2.24, 2.45) is 5.92 Å². The molecule has 0 saturated heterocycles. The minimum absolute atomic E-state index is 0.00635. The summed E-state index contributed by atoms with van der Waals surface area (Å²) in [7, 11) is 0. The third-order valence-electron chi connectivity index (χ3n) is 5.63. The largest absolute Gasteiger partial charge is 0.460 e. The van der Waals surface area contributed by atoms with Gasteiger partial charge < -0.3 is 9.47 Å². The van der Waals surface area contributed by atoms with E-state index in [1.165, 1.54) is 0 Å². The molecule has 34 heavy (non-hydrogen) atoms. The van der Waals surface area contributed by atoms with Crippen molar-refractivity contribution in [3.05, 3.63) is 98.2 Å². The fourth-order valence-corrected chi connectivity index (χ4v) is 5.61. The van der Waals surface area contributed by atoms with Crippen LogP contribution in [0.4, 0.5) is 0 Å². The number of nitrogens with zero attached hydrogens (tertiary/aromatic N) is 2. The number of para-hydroxylation sites is 1. The number of halogens is 1. The van der Waals surface area contributed by atoms with E-state index in [-0.39, 0.29) is 5.56 Å². The molecule has 1 unspecified atom stereocenters. The molecule has 1 aliphatic heterocycles. The number of fused-ring (bicyclic) bond motifs is 2. The Morgan fingerprint density at radius 3 is 2.68 bits per heavy atom. The van der Waals surface area contributed by atoms with Gasteiger partial charge in [-0.1, -0.05) is 84.0 Å². The number of benzene rings is 3. The predicted molar refractivity (Wildman–Crippen MR) is 139 cm³/mol. The van der Waals surface area contributed by atoms with Gasteiger partial charge in [-0.15, -0.1) is 0 Å². The first-order valence-electron chi connectivity index (χ1n) is 11.3. The third kappa shape index (κ3) is 4.78. The van der Waals surface area contributed by atoms with Crippen LogP contribution in [0.2, 0.25) is 0 Å². The summed E-state index contributed by atoms with van der Waals surface area (Å²) in [5.41, 5.74) is 3.75. The standard InChI is InChI=1S/C27H25BrN2O3S/c1-17(2)14-30-25(31)22-10-6-7-11-23(22)29-27(30)34-16-20-13-21(28)12-19-15-32-26(33-24(19)20)18-8-4-3-5-9-18/h3-13,17,26H,14-16H2,1-2H3. The Hall–Kier alpha value is -2.61. The van der Waals surface area contributed by atoms with E-state index in [1.54, 1.807) is 16.3 Å². The summed E-state index contributed by atoms with van der Waals surface area (Å²) in [6.45, 7) is 5.31. The molecule has 4 aromatic rings. The molecule has 1 aliphatic rings. The molecular weight excluding hydrogens is 512 g/mol. The lowest BCUT2D eigenvalue weighted by atomic mass is 10.1. The molecular formula is C27H25BrN2O3S. The molecule has 0 aliphatic carbocycles. The average Bonchev–Trinajstić information content (AvgIpc) is 2.84. The zero-order valence-electron chi connectivity index (χ0n) is 19.0. The number of rotatable bonds is 6. The molecule has 5 nitrogen and oxygen atoms in total. The van der Waals surface area contributed by atoms with Crippen LogP contribution in [0.25, 0.3) is 10.9 Å². The van der Waals surface area contributed by atoms with Crippen LogP contribution in [0.15, 0.2) is 81.2 Å².